The minimum Gasteiger partial charge on any atom is -0.471 e. The summed E-state index contributed by atoms with van der Waals surface area (Å²) in [5.74, 6) is -0.569. The predicted octanol–water partition coefficient (Wildman–Crippen LogP) is 2.61. The van der Waals surface area contributed by atoms with Crippen molar-refractivity contribution in [3.8, 4) is 5.75 Å². The molecule has 0 aromatic heterocycles. The number of epoxide rings is 1. The lowest BCUT2D eigenvalue weighted by Crippen LogP contribution is -2.33. The summed E-state index contributed by atoms with van der Waals surface area (Å²) >= 11 is 0. The number of rotatable bonds is 6. The maximum absolute atomic E-state index is 13.4. The monoisotopic (exact) mass is 350 g/mol. The van der Waals surface area contributed by atoms with E-state index < -0.39 is 27.2 Å². The first kappa shape index (κ1) is 16.6. The van der Waals surface area contributed by atoms with Gasteiger partial charge in [-0.1, -0.05) is 18.2 Å². The van der Waals surface area contributed by atoms with E-state index in [2.05, 4.69) is 0 Å². The number of ketones is 1. The fourth-order valence-electron chi connectivity index (χ4n) is 2.25. The summed E-state index contributed by atoms with van der Waals surface area (Å²) in [6, 6.07) is 11.0. The molecule has 1 heterocycles. The van der Waals surface area contributed by atoms with Gasteiger partial charge >= 0.3 is 0 Å². The Bertz CT molecular complexity index is 874. The Kier molecular flexibility index (Phi) is 4.38. The van der Waals surface area contributed by atoms with Crippen LogP contribution in [0.15, 0.2) is 53.4 Å². The van der Waals surface area contributed by atoms with E-state index in [0.717, 1.165) is 6.07 Å². The minimum absolute atomic E-state index is 0.160. The molecule has 7 heteroatoms. The van der Waals surface area contributed by atoms with Crippen molar-refractivity contribution in [2.75, 3.05) is 6.61 Å². The Labute approximate surface area is 138 Å². The summed E-state index contributed by atoms with van der Waals surface area (Å²) in [6.07, 6.45) is -0.626. The lowest BCUT2D eigenvalue weighted by molar-refractivity contribution is 0.101. The van der Waals surface area contributed by atoms with Gasteiger partial charge in [-0.2, -0.15) is 0 Å². The molecule has 3 rings (SSSR count). The van der Waals surface area contributed by atoms with Crippen molar-refractivity contribution in [2.24, 2.45) is 0 Å². The molecule has 2 atom stereocenters. The Morgan fingerprint density at radius 1 is 1.25 bits per heavy atom. The average Bonchev–Trinajstić information content (AvgIpc) is 3.37. The minimum atomic E-state index is -3.96. The molecule has 24 heavy (non-hydrogen) atoms. The van der Waals surface area contributed by atoms with Crippen LogP contribution in [0, 0.1) is 5.82 Å². The van der Waals surface area contributed by atoms with Crippen molar-refractivity contribution in [2.45, 2.75) is 23.4 Å². The fourth-order valence-corrected chi connectivity index (χ4v) is 3.86. The van der Waals surface area contributed by atoms with Crippen LogP contribution in [0.1, 0.15) is 17.3 Å². The van der Waals surface area contributed by atoms with Crippen LogP contribution in [0.5, 0.6) is 5.75 Å². The molecule has 126 valence electrons. The molecule has 5 nitrogen and oxygen atoms in total. The molecule has 0 aliphatic carbocycles. The molecule has 0 saturated carbocycles. The SMILES string of the molecule is CC(=O)c1cccc(OC(C2CO2)S(=O)(=O)c2cccc(F)c2)c1. The number of ether oxygens (including phenoxy) is 2. The maximum atomic E-state index is 13.4. The smallest absolute Gasteiger partial charge is 0.231 e. The van der Waals surface area contributed by atoms with E-state index in [1.165, 1.54) is 31.2 Å². The zero-order chi connectivity index (χ0) is 17.3. The lowest BCUT2D eigenvalue weighted by atomic mass is 10.1. The topological polar surface area (TPSA) is 73.0 Å². The largest absolute Gasteiger partial charge is 0.471 e. The first-order valence-corrected chi connectivity index (χ1v) is 8.81. The molecule has 0 N–H and O–H groups in total. The van der Waals surface area contributed by atoms with Gasteiger partial charge in [-0.25, -0.2) is 12.8 Å². The average molecular weight is 350 g/mol. The van der Waals surface area contributed by atoms with Gasteiger partial charge in [0, 0.05) is 5.56 Å². The summed E-state index contributed by atoms with van der Waals surface area (Å²) in [7, 11) is -3.96. The lowest BCUT2D eigenvalue weighted by Gasteiger charge is -2.18. The van der Waals surface area contributed by atoms with Crippen molar-refractivity contribution in [1.29, 1.82) is 0 Å². The van der Waals surface area contributed by atoms with Gasteiger partial charge in [-0.05, 0) is 37.3 Å². The van der Waals surface area contributed by atoms with Gasteiger partial charge in [0.1, 0.15) is 17.7 Å². The Balaban J connectivity index is 1.93. The van der Waals surface area contributed by atoms with E-state index in [0.29, 0.717) is 5.56 Å². The number of hydrogen-bond acceptors (Lipinski definition) is 5. The van der Waals surface area contributed by atoms with Crippen LogP contribution >= 0.6 is 0 Å². The highest BCUT2D eigenvalue weighted by Gasteiger charge is 2.44. The van der Waals surface area contributed by atoms with Gasteiger partial charge in [0.25, 0.3) is 0 Å². The van der Waals surface area contributed by atoms with Crippen LogP contribution in [-0.4, -0.2) is 32.3 Å². The third-order valence-corrected chi connectivity index (χ3v) is 5.51. The Morgan fingerprint density at radius 3 is 2.58 bits per heavy atom. The molecule has 2 aromatic rings. The molecule has 1 fully saturated rings. The Morgan fingerprint density at radius 2 is 1.96 bits per heavy atom. The molecule has 2 unspecified atom stereocenters. The molecule has 0 spiro atoms. The summed E-state index contributed by atoms with van der Waals surface area (Å²) < 4.78 is 49.6. The van der Waals surface area contributed by atoms with E-state index in [4.69, 9.17) is 9.47 Å². The summed E-state index contributed by atoms with van der Waals surface area (Å²) in [4.78, 5) is 11.3. The van der Waals surface area contributed by atoms with E-state index in [9.17, 15) is 17.6 Å². The highest BCUT2D eigenvalue weighted by Crippen LogP contribution is 2.29. The number of benzene rings is 2. The zero-order valence-corrected chi connectivity index (χ0v) is 13.6. The second kappa shape index (κ2) is 6.33. The van der Waals surface area contributed by atoms with Crippen LogP contribution in [-0.2, 0) is 14.6 Å². The molecule has 1 saturated heterocycles. The number of Topliss-reactive ketones (excluding diaryl/α,β-unsaturated/α-hetero) is 1. The predicted molar refractivity (Wildman–Crippen MR) is 84.2 cm³/mol. The van der Waals surface area contributed by atoms with Crippen LogP contribution in [0.2, 0.25) is 0 Å². The van der Waals surface area contributed by atoms with E-state index in [1.54, 1.807) is 18.2 Å². The van der Waals surface area contributed by atoms with E-state index in [1.807, 2.05) is 0 Å². The second-order valence-electron chi connectivity index (χ2n) is 5.44. The van der Waals surface area contributed by atoms with Crippen molar-refractivity contribution >= 4 is 15.6 Å². The molecule has 0 amide bonds. The van der Waals surface area contributed by atoms with Crippen molar-refractivity contribution in [3.63, 3.8) is 0 Å². The molecule has 1 aliphatic heterocycles. The maximum Gasteiger partial charge on any atom is 0.231 e. The van der Waals surface area contributed by atoms with Crippen molar-refractivity contribution in [1.82, 2.24) is 0 Å². The summed E-state index contributed by atoms with van der Waals surface area (Å²) in [5.41, 5.74) is -0.896. The van der Waals surface area contributed by atoms with Gasteiger partial charge in [0.2, 0.25) is 15.3 Å². The van der Waals surface area contributed by atoms with Gasteiger partial charge in [0.05, 0.1) is 11.5 Å². The van der Waals surface area contributed by atoms with E-state index in [-0.39, 0.29) is 23.0 Å². The third kappa shape index (κ3) is 3.47. The van der Waals surface area contributed by atoms with Gasteiger partial charge in [-0.15, -0.1) is 0 Å². The molecule has 1 aliphatic rings. The van der Waals surface area contributed by atoms with Crippen molar-refractivity contribution < 1.29 is 27.1 Å². The quantitative estimate of drug-likeness (QED) is 0.591. The first-order chi connectivity index (χ1) is 11.4. The highest BCUT2D eigenvalue weighted by molar-refractivity contribution is 7.92. The molecular weight excluding hydrogens is 335 g/mol. The zero-order valence-electron chi connectivity index (χ0n) is 12.8. The molecular formula is C17H15FO5S. The van der Waals surface area contributed by atoms with Crippen LogP contribution < -0.4 is 4.74 Å². The summed E-state index contributed by atoms with van der Waals surface area (Å²) in [6.45, 7) is 1.65. The summed E-state index contributed by atoms with van der Waals surface area (Å²) in [5, 5.41) is 0. The number of halogens is 1. The number of carbonyl (C=O) groups is 1. The molecule has 2 aromatic carbocycles. The fraction of sp³-hybridized carbons (Fsp3) is 0.235. The van der Waals surface area contributed by atoms with Crippen LogP contribution in [0.25, 0.3) is 0 Å². The first-order valence-electron chi connectivity index (χ1n) is 7.26. The Hall–Kier alpha value is -2.25. The molecule has 0 bridgehead atoms. The standard InChI is InChI=1S/C17H15FO5S/c1-11(19)12-4-2-6-14(8-12)23-17(16-10-22-16)24(20,21)15-7-3-5-13(18)9-15/h2-9,16-17H,10H2,1H3. The second-order valence-corrected chi connectivity index (χ2v) is 7.47. The number of carbonyl (C=O) groups excluding carboxylic acids is 1. The van der Waals surface area contributed by atoms with Crippen LogP contribution in [0.4, 0.5) is 4.39 Å². The molecule has 0 radical (unpaired) electrons. The highest BCUT2D eigenvalue weighted by atomic mass is 32.2. The number of sulfone groups is 1. The van der Waals surface area contributed by atoms with Gasteiger partial charge < -0.3 is 9.47 Å². The number of hydrogen-bond donors (Lipinski definition) is 0. The van der Waals surface area contributed by atoms with Gasteiger partial charge in [0.15, 0.2) is 5.78 Å². The van der Waals surface area contributed by atoms with Crippen molar-refractivity contribution in [3.05, 3.63) is 59.9 Å². The van der Waals surface area contributed by atoms with E-state index >= 15 is 0 Å². The van der Waals surface area contributed by atoms with Crippen LogP contribution in [0.3, 0.4) is 0 Å². The normalized spacial score (nSPS) is 18.0. The third-order valence-electron chi connectivity index (χ3n) is 3.59. The van der Waals surface area contributed by atoms with Gasteiger partial charge in [-0.3, -0.25) is 4.79 Å².